The maximum atomic E-state index is 6.59. The number of hydrogen-bond acceptors (Lipinski definition) is 3. The molecule has 1 heterocycles. The van der Waals surface area contributed by atoms with E-state index in [-0.39, 0.29) is 5.54 Å². The molecule has 19 heavy (non-hydrogen) atoms. The Morgan fingerprint density at radius 3 is 2.32 bits per heavy atom. The van der Waals surface area contributed by atoms with Crippen LogP contribution in [0.3, 0.4) is 0 Å². The van der Waals surface area contributed by atoms with Crippen LogP contribution < -0.4 is 15.2 Å². The van der Waals surface area contributed by atoms with Gasteiger partial charge < -0.3 is 15.2 Å². The molecule has 3 nitrogen and oxygen atoms in total. The lowest BCUT2D eigenvalue weighted by atomic mass is 9.53. The standard InChI is InChI=1S/C16H23NO2/c1-3-15(4-2)10-16(17,11-15)12-5-6-13-14(9-12)19-8-7-18-13/h5-6,9H,3-4,7-8,10-11,17H2,1-2H3. The molecule has 0 aromatic heterocycles. The van der Waals surface area contributed by atoms with Crippen LogP contribution in [0.4, 0.5) is 0 Å². The van der Waals surface area contributed by atoms with Gasteiger partial charge in [0.05, 0.1) is 0 Å². The molecule has 0 radical (unpaired) electrons. The van der Waals surface area contributed by atoms with Crippen molar-refractivity contribution in [1.82, 2.24) is 0 Å². The Morgan fingerprint density at radius 1 is 1.05 bits per heavy atom. The van der Waals surface area contributed by atoms with E-state index < -0.39 is 0 Å². The van der Waals surface area contributed by atoms with Gasteiger partial charge in [0.1, 0.15) is 13.2 Å². The molecule has 3 heteroatoms. The summed E-state index contributed by atoms with van der Waals surface area (Å²) in [5.74, 6) is 1.69. The number of fused-ring (bicyclic) bond motifs is 1. The summed E-state index contributed by atoms with van der Waals surface area (Å²) in [6, 6.07) is 6.17. The lowest BCUT2D eigenvalue weighted by molar-refractivity contribution is 0.0163. The number of rotatable bonds is 3. The van der Waals surface area contributed by atoms with Gasteiger partial charge in [0.15, 0.2) is 11.5 Å². The topological polar surface area (TPSA) is 44.5 Å². The van der Waals surface area contributed by atoms with E-state index in [0.717, 1.165) is 24.3 Å². The van der Waals surface area contributed by atoms with Crippen LogP contribution in [-0.4, -0.2) is 13.2 Å². The molecule has 0 unspecified atom stereocenters. The second-order valence-electron chi connectivity index (χ2n) is 6.08. The van der Waals surface area contributed by atoms with E-state index in [1.54, 1.807) is 0 Å². The normalized spacial score (nSPS) is 22.7. The highest BCUT2D eigenvalue weighted by molar-refractivity contribution is 5.46. The molecule has 0 saturated heterocycles. The summed E-state index contributed by atoms with van der Waals surface area (Å²) in [6.45, 7) is 5.80. The molecule has 0 bridgehead atoms. The third-order valence-electron chi connectivity index (χ3n) is 5.00. The highest BCUT2D eigenvalue weighted by Gasteiger charge is 2.51. The second-order valence-corrected chi connectivity index (χ2v) is 6.08. The van der Waals surface area contributed by atoms with Crippen LogP contribution in [-0.2, 0) is 5.54 Å². The summed E-state index contributed by atoms with van der Waals surface area (Å²) in [5.41, 5.74) is 8.04. The third kappa shape index (κ3) is 2.00. The first-order valence-corrected chi connectivity index (χ1v) is 7.30. The molecule has 1 aliphatic carbocycles. The summed E-state index contributed by atoms with van der Waals surface area (Å²) in [6.07, 6.45) is 4.58. The average molecular weight is 261 g/mol. The first-order valence-electron chi connectivity index (χ1n) is 7.30. The van der Waals surface area contributed by atoms with Gasteiger partial charge in [-0.05, 0) is 36.0 Å². The van der Waals surface area contributed by atoms with Gasteiger partial charge in [0.25, 0.3) is 0 Å². The van der Waals surface area contributed by atoms with Crippen molar-refractivity contribution in [3.05, 3.63) is 23.8 Å². The molecule has 1 aromatic carbocycles. The Morgan fingerprint density at radius 2 is 1.68 bits per heavy atom. The second kappa shape index (κ2) is 4.41. The summed E-state index contributed by atoms with van der Waals surface area (Å²) >= 11 is 0. The van der Waals surface area contributed by atoms with Crippen LogP contribution >= 0.6 is 0 Å². The van der Waals surface area contributed by atoms with Gasteiger partial charge in [-0.25, -0.2) is 0 Å². The first kappa shape index (κ1) is 12.8. The van der Waals surface area contributed by atoms with Gasteiger partial charge in [0.2, 0.25) is 0 Å². The van der Waals surface area contributed by atoms with Gasteiger partial charge in [-0.1, -0.05) is 32.8 Å². The molecular formula is C16H23NO2. The molecule has 1 aliphatic heterocycles. The highest BCUT2D eigenvalue weighted by Crippen LogP contribution is 2.56. The van der Waals surface area contributed by atoms with E-state index in [9.17, 15) is 0 Å². The summed E-state index contributed by atoms with van der Waals surface area (Å²) in [7, 11) is 0. The number of nitrogens with two attached hydrogens (primary N) is 1. The van der Waals surface area contributed by atoms with E-state index in [1.807, 2.05) is 6.07 Å². The zero-order valence-corrected chi connectivity index (χ0v) is 11.9. The Balaban J connectivity index is 1.84. The van der Waals surface area contributed by atoms with Crippen molar-refractivity contribution in [1.29, 1.82) is 0 Å². The number of ether oxygens (including phenoxy) is 2. The van der Waals surface area contributed by atoms with E-state index in [1.165, 1.54) is 18.4 Å². The molecule has 0 amide bonds. The van der Waals surface area contributed by atoms with Gasteiger partial charge in [-0.2, -0.15) is 0 Å². The Hall–Kier alpha value is -1.22. The fraction of sp³-hybridized carbons (Fsp3) is 0.625. The van der Waals surface area contributed by atoms with Crippen LogP contribution in [0.15, 0.2) is 18.2 Å². The van der Waals surface area contributed by atoms with Crippen molar-refractivity contribution < 1.29 is 9.47 Å². The van der Waals surface area contributed by atoms with Crippen molar-refractivity contribution in [3.63, 3.8) is 0 Å². The molecular weight excluding hydrogens is 238 g/mol. The zero-order valence-electron chi connectivity index (χ0n) is 11.9. The van der Waals surface area contributed by atoms with E-state index in [2.05, 4.69) is 26.0 Å². The smallest absolute Gasteiger partial charge is 0.161 e. The summed E-state index contributed by atoms with van der Waals surface area (Å²) in [4.78, 5) is 0. The van der Waals surface area contributed by atoms with Crippen LogP contribution in [0.1, 0.15) is 45.1 Å². The molecule has 2 N–H and O–H groups in total. The number of benzene rings is 1. The molecule has 104 valence electrons. The molecule has 2 aliphatic rings. The van der Waals surface area contributed by atoms with Crippen LogP contribution in [0.25, 0.3) is 0 Å². The molecule has 0 atom stereocenters. The SMILES string of the molecule is CCC1(CC)CC(N)(c2ccc3c(c2)OCCO3)C1. The van der Waals surface area contributed by atoms with Crippen molar-refractivity contribution in [3.8, 4) is 11.5 Å². The molecule has 3 rings (SSSR count). The lowest BCUT2D eigenvalue weighted by Gasteiger charge is -2.54. The minimum absolute atomic E-state index is 0.179. The van der Waals surface area contributed by atoms with Crippen molar-refractivity contribution in [2.24, 2.45) is 11.1 Å². The first-order chi connectivity index (χ1) is 9.11. The van der Waals surface area contributed by atoms with Crippen LogP contribution in [0.2, 0.25) is 0 Å². The molecule has 1 saturated carbocycles. The average Bonchev–Trinajstić information content (AvgIpc) is 2.43. The largest absolute Gasteiger partial charge is 0.486 e. The molecule has 1 aromatic rings. The molecule has 1 fully saturated rings. The highest BCUT2D eigenvalue weighted by atomic mass is 16.6. The lowest BCUT2D eigenvalue weighted by Crippen LogP contribution is -2.55. The zero-order chi connectivity index (χ0) is 13.5. The maximum absolute atomic E-state index is 6.59. The Kier molecular flexibility index (Phi) is 2.97. The van der Waals surface area contributed by atoms with E-state index >= 15 is 0 Å². The fourth-order valence-corrected chi connectivity index (χ4v) is 3.59. The van der Waals surface area contributed by atoms with Crippen LogP contribution in [0, 0.1) is 5.41 Å². The number of hydrogen-bond donors (Lipinski definition) is 1. The Labute approximate surface area is 115 Å². The summed E-state index contributed by atoms with van der Waals surface area (Å²) in [5, 5.41) is 0. The van der Waals surface area contributed by atoms with Crippen molar-refractivity contribution in [2.75, 3.05) is 13.2 Å². The predicted molar refractivity (Wildman–Crippen MR) is 75.5 cm³/mol. The third-order valence-corrected chi connectivity index (χ3v) is 5.00. The monoisotopic (exact) mass is 261 g/mol. The van der Waals surface area contributed by atoms with E-state index in [0.29, 0.717) is 18.6 Å². The minimum atomic E-state index is -0.179. The quantitative estimate of drug-likeness (QED) is 0.908. The maximum Gasteiger partial charge on any atom is 0.161 e. The van der Waals surface area contributed by atoms with Gasteiger partial charge in [-0.15, -0.1) is 0 Å². The summed E-state index contributed by atoms with van der Waals surface area (Å²) < 4.78 is 11.2. The van der Waals surface area contributed by atoms with Gasteiger partial charge in [0, 0.05) is 5.54 Å². The van der Waals surface area contributed by atoms with Crippen molar-refractivity contribution >= 4 is 0 Å². The van der Waals surface area contributed by atoms with Gasteiger partial charge in [-0.3, -0.25) is 0 Å². The van der Waals surface area contributed by atoms with Gasteiger partial charge >= 0.3 is 0 Å². The Bertz CT molecular complexity index is 472. The molecule has 0 spiro atoms. The minimum Gasteiger partial charge on any atom is -0.486 e. The van der Waals surface area contributed by atoms with E-state index in [4.69, 9.17) is 15.2 Å². The van der Waals surface area contributed by atoms with Crippen LogP contribution in [0.5, 0.6) is 11.5 Å². The predicted octanol–water partition coefficient (Wildman–Crippen LogP) is 3.21. The fourth-order valence-electron chi connectivity index (χ4n) is 3.59. The van der Waals surface area contributed by atoms with Crippen molar-refractivity contribution in [2.45, 2.75) is 45.1 Å².